The molecule has 0 radical (unpaired) electrons. The molecular formula is C27H32NO2+. The van der Waals surface area contributed by atoms with Crippen LogP contribution < -0.4 is 9.64 Å². The molecule has 4 rings (SSSR count). The second-order valence-corrected chi connectivity index (χ2v) is 8.62. The zero-order valence-electron chi connectivity index (χ0n) is 18.2. The van der Waals surface area contributed by atoms with Gasteiger partial charge in [0.1, 0.15) is 23.4 Å². The van der Waals surface area contributed by atoms with Crippen LogP contribution in [0.15, 0.2) is 84.9 Å². The van der Waals surface area contributed by atoms with E-state index in [4.69, 9.17) is 4.74 Å². The van der Waals surface area contributed by atoms with E-state index in [1.165, 1.54) is 16.0 Å². The molecule has 3 nitrogen and oxygen atoms in total. The topological polar surface area (TPSA) is 33.9 Å². The van der Waals surface area contributed by atoms with Gasteiger partial charge in [-0.3, -0.25) is 0 Å². The van der Waals surface area contributed by atoms with Crippen molar-refractivity contribution in [3.05, 3.63) is 102 Å². The van der Waals surface area contributed by atoms with Crippen molar-refractivity contribution in [1.29, 1.82) is 0 Å². The summed E-state index contributed by atoms with van der Waals surface area (Å²) in [5.41, 5.74) is 2.35. The lowest BCUT2D eigenvalue weighted by molar-refractivity contribution is -0.962. The fourth-order valence-electron chi connectivity index (χ4n) is 5.79. The summed E-state index contributed by atoms with van der Waals surface area (Å²) < 4.78 is 5.70. The lowest BCUT2D eigenvalue weighted by Gasteiger charge is -2.53. The summed E-state index contributed by atoms with van der Waals surface area (Å²) in [5, 5.41) is 12.5. The predicted molar refractivity (Wildman–Crippen MR) is 120 cm³/mol. The number of benzene rings is 3. The van der Waals surface area contributed by atoms with Crippen molar-refractivity contribution >= 4 is 0 Å². The summed E-state index contributed by atoms with van der Waals surface area (Å²) in [6, 6.07) is 29.4. The van der Waals surface area contributed by atoms with Gasteiger partial charge in [0, 0.05) is 28.5 Å². The molecule has 2 N–H and O–H groups in total. The summed E-state index contributed by atoms with van der Waals surface area (Å²) in [6.07, 6.45) is 0. The minimum atomic E-state index is -1.03. The Hall–Kier alpha value is -2.62. The largest absolute Gasteiger partial charge is 0.496 e. The molecule has 0 amide bonds. The van der Waals surface area contributed by atoms with Gasteiger partial charge in [0.2, 0.25) is 0 Å². The maximum atomic E-state index is 12.5. The van der Waals surface area contributed by atoms with Gasteiger partial charge in [0.05, 0.1) is 14.2 Å². The van der Waals surface area contributed by atoms with Gasteiger partial charge in [-0.15, -0.1) is 0 Å². The average molecular weight is 403 g/mol. The number of rotatable bonds is 4. The van der Waals surface area contributed by atoms with E-state index in [-0.39, 0.29) is 23.9 Å². The minimum absolute atomic E-state index is 0.00818. The number of methoxy groups -OCH3 is 1. The number of ether oxygens (including phenoxy) is 1. The fraction of sp³-hybridized carbons (Fsp3) is 0.333. The van der Waals surface area contributed by atoms with Crippen molar-refractivity contribution in [2.24, 2.45) is 11.8 Å². The van der Waals surface area contributed by atoms with E-state index >= 15 is 0 Å². The Morgan fingerprint density at radius 1 is 0.733 bits per heavy atom. The highest BCUT2D eigenvalue weighted by molar-refractivity contribution is 5.41. The van der Waals surface area contributed by atoms with Crippen LogP contribution in [0.4, 0.5) is 0 Å². The van der Waals surface area contributed by atoms with Crippen molar-refractivity contribution in [2.45, 2.75) is 31.5 Å². The second-order valence-electron chi connectivity index (χ2n) is 8.62. The Morgan fingerprint density at radius 2 is 1.17 bits per heavy atom. The molecule has 0 aliphatic carbocycles. The van der Waals surface area contributed by atoms with E-state index < -0.39 is 5.60 Å². The molecule has 1 heterocycles. The maximum Gasteiger partial charge on any atom is 0.124 e. The molecule has 2 unspecified atom stereocenters. The smallest absolute Gasteiger partial charge is 0.124 e. The first-order valence-electron chi connectivity index (χ1n) is 10.8. The number of hydrogen-bond donors (Lipinski definition) is 2. The Kier molecular flexibility index (Phi) is 5.68. The number of nitrogens with one attached hydrogen (secondary N) is 1. The highest BCUT2D eigenvalue weighted by atomic mass is 16.5. The maximum absolute atomic E-state index is 12.5. The molecule has 3 heteroatoms. The van der Waals surface area contributed by atoms with E-state index in [0.717, 1.165) is 11.3 Å². The van der Waals surface area contributed by atoms with E-state index in [1.54, 1.807) is 7.11 Å². The molecular weight excluding hydrogens is 370 g/mol. The monoisotopic (exact) mass is 402 g/mol. The Bertz CT molecular complexity index is 919. The van der Waals surface area contributed by atoms with E-state index in [9.17, 15) is 5.11 Å². The first-order valence-corrected chi connectivity index (χ1v) is 10.8. The zero-order chi connectivity index (χ0) is 21.3. The number of hydrogen-bond acceptors (Lipinski definition) is 2. The molecule has 1 saturated heterocycles. The molecule has 0 aromatic heterocycles. The highest BCUT2D eigenvalue weighted by Crippen LogP contribution is 2.51. The number of para-hydroxylation sites is 1. The molecule has 6 atom stereocenters. The van der Waals surface area contributed by atoms with Crippen LogP contribution in [0.3, 0.4) is 0 Å². The summed E-state index contributed by atoms with van der Waals surface area (Å²) in [6.45, 7) is 4.37. The molecule has 0 saturated carbocycles. The van der Waals surface area contributed by atoms with Gasteiger partial charge < -0.3 is 14.7 Å². The van der Waals surface area contributed by atoms with Gasteiger partial charge in [0.15, 0.2) is 0 Å². The first kappa shape index (κ1) is 20.6. The van der Waals surface area contributed by atoms with Crippen LogP contribution in [0.2, 0.25) is 0 Å². The summed E-state index contributed by atoms with van der Waals surface area (Å²) >= 11 is 0. The molecule has 156 valence electrons. The number of likely N-dealkylation sites (tertiary alicyclic amines) is 1. The predicted octanol–water partition coefficient (Wildman–Crippen LogP) is 4.17. The lowest BCUT2D eigenvalue weighted by Crippen LogP contribution is -3.13. The quantitative estimate of drug-likeness (QED) is 0.687. The van der Waals surface area contributed by atoms with E-state index in [0.29, 0.717) is 0 Å². The third-order valence-electron chi connectivity index (χ3n) is 7.23. The molecule has 0 spiro atoms. The van der Waals surface area contributed by atoms with Crippen LogP contribution in [-0.4, -0.2) is 19.3 Å². The van der Waals surface area contributed by atoms with E-state index in [2.05, 4.69) is 81.6 Å². The summed E-state index contributed by atoms with van der Waals surface area (Å²) in [5.74, 6) is 0.731. The van der Waals surface area contributed by atoms with Crippen LogP contribution in [0.5, 0.6) is 5.75 Å². The van der Waals surface area contributed by atoms with Crippen LogP contribution in [0, 0.1) is 11.8 Å². The summed E-state index contributed by atoms with van der Waals surface area (Å²) in [7, 11) is 3.95. The lowest BCUT2D eigenvalue weighted by atomic mass is 9.62. The van der Waals surface area contributed by atoms with Crippen LogP contribution in [0.25, 0.3) is 0 Å². The summed E-state index contributed by atoms with van der Waals surface area (Å²) in [4.78, 5) is 1.41. The first-order chi connectivity index (χ1) is 14.5. The number of piperidine rings is 1. The Balaban J connectivity index is 1.93. The van der Waals surface area contributed by atoms with E-state index in [1.807, 2.05) is 24.3 Å². The molecule has 0 bridgehead atoms. The van der Waals surface area contributed by atoms with Crippen molar-refractivity contribution in [1.82, 2.24) is 0 Å². The van der Waals surface area contributed by atoms with Gasteiger partial charge >= 0.3 is 0 Å². The Morgan fingerprint density at radius 3 is 1.63 bits per heavy atom. The molecule has 1 aliphatic heterocycles. The van der Waals surface area contributed by atoms with Crippen molar-refractivity contribution in [3.8, 4) is 5.75 Å². The van der Waals surface area contributed by atoms with Gasteiger partial charge in [-0.1, -0.05) is 92.7 Å². The SMILES string of the molecule is COc1ccccc1C1(O)[C@H](C)[C@H](c2ccccc2)[NH+](C)[C@H](c2ccccc2)[C@@H]1C. The zero-order valence-corrected chi connectivity index (χ0v) is 18.2. The minimum Gasteiger partial charge on any atom is -0.496 e. The average Bonchev–Trinajstić information content (AvgIpc) is 2.79. The molecule has 1 fully saturated rings. The van der Waals surface area contributed by atoms with Gasteiger partial charge in [-0.25, -0.2) is 0 Å². The fourth-order valence-corrected chi connectivity index (χ4v) is 5.79. The van der Waals surface area contributed by atoms with Gasteiger partial charge in [-0.2, -0.15) is 0 Å². The van der Waals surface area contributed by atoms with Crippen molar-refractivity contribution in [2.75, 3.05) is 14.2 Å². The van der Waals surface area contributed by atoms with Crippen LogP contribution in [-0.2, 0) is 5.60 Å². The molecule has 3 aromatic carbocycles. The third-order valence-corrected chi connectivity index (χ3v) is 7.23. The normalized spacial score (nSPS) is 31.3. The van der Waals surface area contributed by atoms with Crippen molar-refractivity contribution < 1.29 is 14.7 Å². The number of aliphatic hydroxyl groups is 1. The van der Waals surface area contributed by atoms with Crippen LogP contribution >= 0.6 is 0 Å². The van der Waals surface area contributed by atoms with Crippen LogP contribution in [0.1, 0.15) is 42.6 Å². The Labute approximate surface area is 179 Å². The molecule has 1 aliphatic rings. The third kappa shape index (κ3) is 3.23. The second kappa shape index (κ2) is 8.25. The van der Waals surface area contributed by atoms with Crippen molar-refractivity contribution in [3.63, 3.8) is 0 Å². The molecule has 30 heavy (non-hydrogen) atoms. The standard InChI is InChI=1S/C27H31NO2/c1-19-25(21-13-7-5-8-14-21)28(3)26(22-15-9-6-10-16-22)20(2)27(19,29)23-17-11-12-18-24(23)30-4/h5-20,25-26,29H,1-4H3/p+1/t19-,20+,25-,26+,27?. The number of quaternary nitrogens is 1. The molecule has 3 aromatic rings. The van der Waals surface area contributed by atoms with Gasteiger partial charge in [-0.05, 0) is 6.07 Å². The highest BCUT2D eigenvalue weighted by Gasteiger charge is 2.58. The van der Waals surface area contributed by atoms with Gasteiger partial charge in [0.25, 0.3) is 0 Å².